The fraction of sp³-hybridized carbons (Fsp3) is 0.714. The van der Waals surface area contributed by atoms with Crippen molar-refractivity contribution in [2.24, 2.45) is 0 Å². The Morgan fingerprint density at radius 2 is 2.05 bits per heavy atom. The van der Waals surface area contributed by atoms with Crippen molar-refractivity contribution < 1.29 is 0 Å². The lowest BCUT2D eigenvalue weighted by atomic mass is 10.3. The first-order chi connectivity index (χ1) is 9.13. The molecular formula is C14H23N3S2. The molecule has 1 aliphatic rings. The van der Waals surface area contributed by atoms with Gasteiger partial charge >= 0.3 is 0 Å². The van der Waals surface area contributed by atoms with E-state index in [1.807, 2.05) is 23.5 Å². The minimum Gasteiger partial charge on any atom is -0.370 e. The monoisotopic (exact) mass is 297 g/mol. The number of hydrogen-bond acceptors (Lipinski definition) is 5. The van der Waals surface area contributed by atoms with Gasteiger partial charge in [-0.25, -0.2) is 9.97 Å². The average Bonchev–Trinajstić information content (AvgIpc) is 2.42. The number of aromatic nitrogens is 2. The fourth-order valence-corrected chi connectivity index (χ4v) is 4.88. The highest BCUT2D eigenvalue weighted by atomic mass is 32.2. The Balaban J connectivity index is 2.20. The molecule has 19 heavy (non-hydrogen) atoms. The van der Waals surface area contributed by atoms with Gasteiger partial charge in [-0.15, -0.1) is 11.8 Å². The SMILES string of the molecule is CCNc1cc(CC)nc(C2CSC(C)C(C)S2)n1. The Morgan fingerprint density at radius 3 is 2.68 bits per heavy atom. The van der Waals surface area contributed by atoms with E-state index < -0.39 is 0 Å². The predicted molar refractivity (Wildman–Crippen MR) is 87.3 cm³/mol. The summed E-state index contributed by atoms with van der Waals surface area (Å²) in [5.74, 6) is 3.10. The standard InChI is InChI=1S/C14H23N3S2/c1-5-11-7-13(15-6-2)17-14(16-11)12-8-18-9(3)10(4)19-12/h7,9-10,12H,5-6,8H2,1-4H3,(H,15,16,17). The number of nitrogens with one attached hydrogen (secondary N) is 1. The Hall–Kier alpha value is -0.420. The number of hydrogen-bond donors (Lipinski definition) is 1. The van der Waals surface area contributed by atoms with E-state index in [4.69, 9.17) is 9.97 Å². The summed E-state index contributed by atoms with van der Waals surface area (Å²) < 4.78 is 0. The molecule has 2 rings (SSSR count). The maximum Gasteiger partial charge on any atom is 0.144 e. The van der Waals surface area contributed by atoms with Crippen molar-refractivity contribution in [3.63, 3.8) is 0 Å². The molecule has 0 radical (unpaired) electrons. The molecule has 5 heteroatoms. The molecule has 3 nitrogen and oxygen atoms in total. The highest BCUT2D eigenvalue weighted by Crippen LogP contribution is 2.43. The van der Waals surface area contributed by atoms with E-state index in [1.165, 1.54) is 0 Å². The van der Waals surface area contributed by atoms with E-state index in [-0.39, 0.29) is 0 Å². The summed E-state index contributed by atoms with van der Waals surface area (Å²) in [7, 11) is 0. The Morgan fingerprint density at radius 1 is 1.26 bits per heavy atom. The van der Waals surface area contributed by atoms with Gasteiger partial charge in [-0.3, -0.25) is 0 Å². The number of nitrogens with zero attached hydrogens (tertiary/aromatic N) is 2. The first-order valence-corrected chi connectivity index (χ1v) is 9.02. The van der Waals surface area contributed by atoms with Crippen LogP contribution in [0.2, 0.25) is 0 Å². The molecule has 1 aliphatic heterocycles. The van der Waals surface area contributed by atoms with Gasteiger partial charge in [0.25, 0.3) is 0 Å². The molecule has 1 fully saturated rings. The van der Waals surface area contributed by atoms with Gasteiger partial charge in [0.1, 0.15) is 11.6 Å². The molecular weight excluding hydrogens is 274 g/mol. The van der Waals surface area contributed by atoms with Crippen molar-refractivity contribution >= 4 is 29.3 Å². The second-order valence-electron chi connectivity index (χ2n) is 4.85. The smallest absolute Gasteiger partial charge is 0.144 e. The number of rotatable bonds is 4. The lowest BCUT2D eigenvalue weighted by Crippen LogP contribution is -2.23. The van der Waals surface area contributed by atoms with Crippen LogP contribution in [-0.2, 0) is 6.42 Å². The maximum atomic E-state index is 4.73. The van der Waals surface area contributed by atoms with E-state index in [1.54, 1.807) is 0 Å². The van der Waals surface area contributed by atoms with Crippen LogP contribution in [-0.4, -0.2) is 32.8 Å². The van der Waals surface area contributed by atoms with Crippen molar-refractivity contribution in [3.05, 3.63) is 17.6 Å². The molecule has 3 atom stereocenters. The zero-order valence-corrected chi connectivity index (χ0v) is 13.8. The topological polar surface area (TPSA) is 37.8 Å². The van der Waals surface area contributed by atoms with Crippen molar-refractivity contribution in [3.8, 4) is 0 Å². The van der Waals surface area contributed by atoms with Crippen LogP contribution < -0.4 is 5.32 Å². The second-order valence-corrected chi connectivity index (χ2v) is 7.85. The minimum atomic E-state index is 0.431. The van der Waals surface area contributed by atoms with Crippen LogP contribution in [0.5, 0.6) is 0 Å². The third kappa shape index (κ3) is 3.78. The number of aryl methyl sites for hydroxylation is 1. The van der Waals surface area contributed by atoms with E-state index in [0.29, 0.717) is 10.5 Å². The Kier molecular flexibility index (Phi) is 5.39. The van der Waals surface area contributed by atoms with Crippen LogP contribution in [0.15, 0.2) is 6.07 Å². The van der Waals surface area contributed by atoms with Gasteiger partial charge in [0, 0.05) is 34.6 Å². The summed E-state index contributed by atoms with van der Waals surface area (Å²) in [6, 6.07) is 2.07. The number of anilines is 1. The van der Waals surface area contributed by atoms with Gasteiger partial charge in [-0.2, -0.15) is 11.8 Å². The third-order valence-corrected chi connectivity index (χ3v) is 6.74. The summed E-state index contributed by atoms with van der Waals surface area (Å²) in [6.45, 7) is 9.77. The Labute approximate surface area is 124 Å². The minimum absolute atomic E-state index is 0.431. The first-order valence-electron chi connectivity index (χ1n) is 7.02. The van der Waals surface area contributed by atoms with Gasteiger partial charge < -0.3 is 5.32 Å². The second kappa shape index (κ2) is 6.84. The summed E-state index contributed by atoms with van der Waals surface area (Å²) in [6.07, 6.45) is 0.963. The lowest BCUT2D eigenvalue weighted by Gasteiger charge is -2.30. The van der Waals surface area contributed by atoms with Gasteiger partial charge in [0.15, 0.2) is 0 Å². The molecule has 0 saturated carbocycles. The maximum absolute atomic E-state index is 4.73. The molecule has 0 aromatic carbocycles. The molecule has 2 heterocycles. The van der Waals surface area contributed by atoms with Gasteiger partial charge in [-0.05, 0) is 13.3 Å². The zero-order valence-electron chi connectivity index (χ0n) is 12.1. The lowest BCUT2D eigenvalue weighted by molar-refractivity contribution is 0.841. The highest BCUT2D eigenvalue weighted by molar-refractivity contribution is 8.07. The molecule has 1 N–H and O–H groups in total. The molecule has 3 unspecified atom stereocenters. The van der Waals surface area contributed by atoms with Crippen LogP contribution in [0.4, 0.5) is 5.82 Å². The average molecular weight is 297 g/mol. The molecule has 0 amide bonds. The fourth-order valence-electron chi connectivity index (χ4n) is 2.03. The van der Waals surface area contributed by atoms with Crippen LogP contribution in [0.1, 0.15) is 44.5 Å². The summed E-state index contributed by atoms with van der Waals surface area (Å²) in [5.41, 5.74) is 1.14. The molecule has 1 saturated heterocycles. The molecule has 0 spiro atoms. The molecule has 0 bridgehead atoms. The van der Waals surface area contributed by atoms with Crippen LogP contribution >= 0.6 is 23.5 Å². The van der Waals surface area contributed by atoms with E-state index in [9.17, 15) is 0 Å². The normalized spacial score (nSPS) is 27.3. The first kappa shape index (κ1) is 15.0. The van der Waals surface area contributed by atoms with Crippen molar-refractivity contribution in [1.82, 2.24) is 9.97 Å². The molecule has 1 aromatic heterocycles. The summed E-state index contributed by atoms with van der Waals surface area (Å²) >= 11 is 4.06. The van der Waals surface area contributed by atoms with Crippen molar-refractivity contribution in [2.45, 2.75) is 49.9 Å². The van der Waals surface area contributed by atoms with Crippen molar-refractivity contribution in [2.75, 3.05) is 17.6 Å². The van der Waals surface area contributed by atoms with E-state index in [2.05, 4.69) is 39.1 Å². The molecule has 1 aromatic rings. The van der Waals surface area contributed by atoms with Crippen LogP contribution in [0, 0.1) is 0 Å². The molecule has 0 aliphatic carbocycles. The zero-order chi connectivity index (χ0) is 13.8. The van der Waals surface area contributed by atoms with Crippen molar-refractivity contribution in [1.29, 1.82) is 0 Å². The van der Waals surface area contributed by atoms with E-state index in [0.717, 1.165) is 41.3 Å². The molecule has 106 valence electrons. The highest BCUT2D eigenvalue weighted by Gasteiger charge is 2.28. The third-order valence-electron chi connectivity index (χ3n) is 3.36. The summed E-state index contributed by atoms with van der Waals surface area (Å²) in [5, 5.41) is 5.14. The summed E-state index contributed by atoms with van der Waals surface area (Å²) in [4.78, 5) is 9.43. The van der Waals surface area contributed by atoms with Gasteiger partial charge in [0.05, 0.1) is 5.25 Å². The largest absolute Gasteiger partial charge is 0.370 e. The predicted octanol–water partition coefficient (Wildman–Crippen LogP) is 3.77. The van der Waals surface area contributed by atoms with Crippen LogP contribution in [0.3, 0.4) is 0 Å². The van der Waals surface area contributed by atoms with Gasteiger partial charge in [-0.1, -0.05) is 20.8 Å². The van der Waals surface area contributed by atoms with Gasteiger partial charge in [0.2, 0.25) is 0 Å². The number of thioether (sulfide) groups is 2. The quantitative estimate of drug-likeness (QED) is 0.915. The Bertz CT molecular complexity index is 425. The van der Waals surface area contributed by atoms with Crippen LogP contribution in [0.25, 0.3) is 0 Å². The van der Waals surface area contributed by atoms with E-state index >= 15 is 0 Å².